The summed E-state index contributed by atoms with van der Waals surface area (Å²) in [6, 6.07) is 5.62. The van der Waals surface area contributed by atoms with Gasteiger partial charge in [-0.3, -0.25) is 4.79 Å². The van der Waals surface area contributed by atoms with Gasteiger partial charge in [0.15, 0.2) is 23.6 Å². The van der Waals surface area contributed by atoms with Crippen molar-refractivity contribution < 1.29 is 14.3 Å². The van der Waals surface area contributed by atoms with Gasteiger partial charge in [0.25, 0.3) is 0 Å². The van der Waals surface area contributed by atoms with Crippen molar-refractivity contribution in [3.63, 3.8) is 0 Å². The van der Waals surface area contributed by atoms with E-state index in [4.69, 9.17) is 9.47 Å². The summed E-state index contributed by atoms with van der Waals surface area (Å²) in [4.78, 5) is 17.4. The van der Waals surface area contributed by atoms with Gasteiger partial charge in [0.05, 0.1) is 11.9 Å². The van der Waals surface area contributed by atoms with Crippen molar-refractivity contribution in [2.45, 2.75) is 0 Å². The minimum atomic E-state index is 0.315. The first-order valence-electron chi connectivity index (χ1n) is 5.27. The van der Waals surface area contributed by atoms with Crippen LogP contribution >= 0.6 is 0 Å². The molecule has 17 heavy (non-hydrogen) atoms. The monoisotopic (exact) mass is 230 g/mol. The van der Waals surface area contributed by atoms with E-state index in [1.807, 2.05) is 18.2 Å². The molecule has 0 radical (unpaired) electrons. The van der Waals surface area contributed by atoms with Crippen LogP contribution in [0.5, 0.6) is 11.5 Å². The van der Waals surface area contributed by atoms with E-state index < -0.39 is 0 Å². The number of ether oxygens (including phenoxy) is 2. The van der Waals surface area contributed by atoms with E-state index in [9.17, 15) is 4.79 Å². The molecule has 0 saturated heterocycles. The average molecular weight is 230 g/mol. The summed E-state index contributed by atoms with van der Waals surface area (Å²) in [5.41, 5.74) is 1.69. The Bertz CT molecular complexity index is 563. The Morgan fingerprint density at radius 1 is 1.24 bits per heavy atom. The Morgan fingerprint density at radius 2 is 2.06 bits per heavy atom. The second-order valence-corrected chi connectivity index (χ2v) is 3.66. The first-order valence-corrected chi connectivity index (χ1v) is 5.27. The van der Waals surface area contributed by atoms with Crippen molar-refractivity contribution in [2.75, 3.05) is 13.2 Å². The van der Waals surface area contributed by atoms with E-state index in [-0.39, 0.29) is 0 Å². The number of imidazole rings is 1. The number of hydrogen-bond donors (Lipinski definition) is 1. The molecule has 1 aliphatic rings. The third-order valence-corrected chi connectivity index (χ3v) is 2.56. The molecule has 0 saturated carbocycles. The summed E-state index contributed by atoms with van der Waals surface area (Å²) >= 11 is 0. The number of aldehydes is 1. The van der Waals surface area contributed by atoms with Gasteiger partial charge in [0.2, 0.25) is 0 Å². The van der Waals surface area contributed by atoms with Crippen molar-refractivity contribution in [3.05, 3.63) is 30.2 Å². The van der Waals surface area contributed by atoms with Crippen molar-refractivity contribution in [1.29, 1.82) is 0 Å². The van der Waals surface area contributed by atoms with Crippen molar-refractivity contribution in [2.24, 2.45) is 0 Å². The van der Waals surface area contributed by atoms with E-state index in [0.717, 1.165) is 22.8 Å². The van der Waals surface area contributed by atoms with Gasteiger partial charge in [0.1, 0.15) is 13.2 Å². The van der Waals surface area contributed by atoms with Crippen LogP contribution in [0.1, 0.15) is 10.6 Å². The van der Waals surface area contributed by atoms with Gasteiger partial charge in [-0.2, -0.15) is 0 Å². The highest BCUT2D eigenvalue weighted by Gasteiger charge is 2.13. The largest absolute Gasteiger partial charge is 0.486 e. The third-order valence-electron chi connectivity index (χ3n) is 2.56. The first-order chi connectivity index (χ1) is 8.36. The minimum Gasteiger partial charge on any atom is -0.486 e. The predicted octanol–water partition coefficient (Wildman–Crippen LogP) is 1.66. The molecule has 1 aliphatic heterocycles. The van der Waals surface area contributed by atoms with E-state index >= 15 is 0 Å². The Balaban J connectivity index is 2.00. The number of carbonyl (C=O) groups is 1. The fraction of sp³-hybridized carbons (Fsp3) is 0.167. The summed E-state index contributed by atoms with van der Waals surface area (Å²) in [5, 5.41) is 0. The van der Waals surface area contributed by atoms with Crippen LogP contribution < -0.4 is 9.47 Å². The fourth-order valence-corrected chi connectivity index (χ4v) is 1.75. The minimum absolute atomic E-state index is 0.315. The lowest BCUT2D eigenvalue weighted by atomic mass is 10.1. The lowest BCUT2D eigenvalue weighted by Gasteiger charge is -2.18. The predicted molar refractivity (Wildman–Crippen MR) is 60.4 cm³/mol. The maximum Gasteiger partial charge on any atom is 0.185 e. The van der Waals surface area contributed by atoms with Crippen LogP contribution in [0.4, 0.5) is 0 Å². The molecule has 0 amide bonds. The highest BCUT2D eigenvalue weighted by Crippen LogP contribution is 2.33. The van der Waals surface area contributed by atoms with Crippen molar-refractivity contribution >= 4 is 6.29 Å². The smallest absolute Gasteiger partial charge is 0.185 e. The molecule has 0 fully saturated rings. The number of fused-ring (bicyclic) bond motifs is 1. The summed E-state index contributed by atoms with van der Waals surface area (Å²) in [6.45, 7) is 1.13. The third kappa shape index (κ3) is 1.75. The Morgan fingerprint density at radius 3 is 2.82 bits per heavy atom. The zero-order valence-corrected chi connectivity index (χ0v) is 8.97. The second kappa shape index (κ2) is 3.93. The van der Waals surface area contributed by atoms with Crippen LogP contribution in [0.3, 0.4) is 0 Å². The standard InChI is InChI=1S/C12H10N2O3/c15-7-12-13-6-9(14-12)8-1-2-10-11(5-8)17-4-3-16-10/h1-2,5-7H,3-4H2,(H,13,14). The lowest BCUT2D eigenvalue weighted by molar-refractivity contribution is 0.111. The average Bonchev–Trinajstić information content (AvgIpc) is 2.87. The Labute approximate surface area is 97.4 Å². The maximum absolute atomic E-state index is 10.5. The molecule has 0 atom stereocenters. The molecule has 2 aromatic rings. The van der Waals surface area contributed by atoms with Crippen LogP contribution in [0.2, 0.25) is 0 Å². The molecule has 0 bridgehead atoms. The van der Waals surface area contributed by atoms with Gasteiger partial charge in [-0.15, -0.1) is 0 Å². The van der Waals surface area contributed by atoms with E-state index in [1.54, 1.807) is 6.20 Å². The Kier molecular flexibility index (Phi) is 2.29. The van der Waals surface area contributed by atoms with E-state index in [0.29, 0.717) is 25.3 Å². The molecular formula is C12H10N2O3. The summed E-state index contributed by atoms with van der Waals surface area (Å²) in [6.07, 6.45) is 2.30. The molecule has 3 rings (SSSR count). The topological polar surface area (TPSA) is 64.2 Å². The van der Waals surface area contributed by atoms with Gasteiger partial charge >= 0.3 is 0 Å². The van der Waals surface area contributed by atoms with Gasteiger partial charge in [0, 0.05) is 5.56 Å². The van der Waals surface area contributed by atoms with Crippen molar-refractivity contribution in [3.8, 4) is 22.8 Å². The number of aromatic nitrogens is 2. The summed E-state index contributed by atoms with van der Waals surface area (Å²) in [5.74, 6) is 1.78. The normalized spacial score (nSPS) is 13.4. The van der Waals surface area contributed by atoms with Gasteiger partial charge < -0.3 is 14.5 Å². The highest BCUT2D eigenvalue weighted by atomic mass is 16.6. The quantitative estimate of drug-likeness (QED) is 0.797. The molecule has 2 heterocycles. The fourth-order valence-electron chi connectivity index (χ4n) is 1.75. The van der Waals surface area contributed by atoms with Crippen LogP contribution in [-0.4, -0.2) is 29.5 Å². The first kappa shape index (κ1) is 9.89. The molecule has 0 spiro atoms. The molecule has 1 N–H and O–H groups in total. The van der Waals surface area contributed by atoms with Gasteiger partial charge in [-0.1, -0.05) is 0 Å². The molecule has 0 aliphatic carbocycles. The Hall–Kier alpha value is -2.30. The van der Waals surface area contributed by atoms with Crippen LogP contribution in [0, 0.1) is 0 Å². The highest BCUT2D eigenvalue weighted by molar-refractivity contribution is 5.72. The van der Waals surface area contributed by atoms with E-state index in [2.05, 4.69) is 9.97 Å². The number of hydrogen-bond acceptors (Lipinski definition) is 4. The molecule has 5 heteroatoms. The number of nitrogens with zero attached hydrogens (tertiary/aromatic N) is 1. The molecule has 1 aromatic carbocycles. The summed E-state index contributed by atoms with van der Waals surface area (Å²) in [7, 11) is 0. The van der Waals surface area contributed by atoms with Crippen LogP contribution in [0.25, 0.3) is 11.3 Å². The lowest BCUT2D eigenvalue weighted by Crippen LogP contribution is -2.15. The van der Waals surface area contributed by atoms with Crippen LogP contribution in [-0.2, 0) is 0 Å². The molecule has 0 unspecified atom stereocenters. The molecular weight excluding hydrogens is 220 g/mol. The molecule has 1 aromatic heterocycles. The maximum atomic E-state index is 10.5. The zero-order valence-electron chi connectivity index (χ0n) is 8.97. The number of aromatic amines is 1. The van der Waals surface area contributed by atoms with Gasteiger partial charge in [-0.25, -0.2) is 4.98 Å². The van der Waals surface area contributed by atoms with E-state index in [1.165, 1.54) is 0 Å². The van der Waals surface area contributed by atoms with Gasteiger partial charge in [-0.05, 0) is 18.2 Å². The summed E-state index contributed by atoms with van der Waals surface area (Å²) < 4.78 is 10.9. The van der Waals surface area contributed by atoms with Crippen molar-refractivity contribution in [1.82, 2.24) is 9.97 Å². The van der Waals surface area contributed by atoms with Crippen LogP contribution in [0.15, 0.2) is 24.4 Å². The second-order valence-electron chi connectivity index (χ2n) is 3.66. The number of nitrogens with one attached hydrogen (secondary N) is 1. The SMILES string of the molecule is O=Cc1ncc(-c2ccc3c(c2)OCCO3)[nH]1. The number of carbonyl (C=O) groups excluding carboxylic acids is 1. The molecule has 5 nitrogen and oxygen atoms in total. The number of benzene rings is 1. The number of rotatable bonds is 2. The number of H-pyrrole nitrogens is 1. The zero-order chi connectivity index (χ0) is 11.7. The molecule has 86 valence electrons.